The van der Waals surface area contributed by atoms with Crippen LogP contribution in [0.25, 0.3) is 6.08 Å². The number of benzene rings is 1. The number of nitrogens with zero attached hydrogens (tertiary/aromatic N) is 3. The molecule has 0 saturated heterocycles. The molecule has 0 N–H and O–H groups in total. The van der Waals surface area contributed by atoms with E-state index in [1.807, 2.05) is 0 Å². The molecule has 3 rings (SSSR count). The van der Waals surface area contributed by atoms with Gasteiger partial charge in [0.05, 0.1) is 4.92 Å². The van der Waals surface area contributed by atoms with Crippen LogP contribution < -0.4 is 0 Å². The molecule has 2 aliphatic heterocycles. The Bertz CT molecular complexity index is 729. The predicted octanol–water partition coefficient (Wildman–Crippen LogP) is 2.26. The molecule has 0 atom stereocenters. The summed E-state index contributed by atoms with van der Waals surface area (Å²) in [5.41, 5.74) is 0.947. The van der Waals surface area contributed by atoms with Crippen molar-refractivity contribution >= 4 is 23.5 Å². The molecule has 0 aliphatic carbocycles. The highest BCUT2D eigenvalue weighted by Crippen LogP contribution is 2.23. The molecule has 1 amide bonds. The molecule has 6 nitrogen and oxygen atoms in total. The van der Waals surface area contributed by atoms with Crippen LogP contribution in [0.3, 0.4) is 0 Å². The number of fused-ring (bicyclic) bond motifs is 1. The van der Waals surface area contributed by atoms with E-state index in [0.29, 0.717) is 17.1 Å². The highest BCUT2D eigenvalue weighted by atomic mass is 16.6. The van der Waals surface area contributed by atoms with Crippen molar-refractivity contribution in [2.24, 2.45) is 4.99 Å². The fourth-order valence-electron chi connectivity index (χ4n) is 2.01. The summed E-state index contributed by atoms with van der Waals surface area (Å²) in [6.07, 6.45) is 8.63. The van der Waals surface area contributed by atoms with Crippen molar-refractivity contribution in [2.75, 3.05) is 0 Å². The van der Waals surface area contributed by atoms with E-state index in [1.54, 1.807) is 47.5 Å². The van der Waals surface area contributed by atoms with E-state index in [9.17, 15) is 14.9 Å². The molecule has 1 aromatic carbocycles. The summed E-state index contributed by atoms with van der Waals surface area (Å²) in [6, 6.07) is 6.11. The summed E-state index contributed by atoms with van der Waals surface area (Å²) in [7, 11) is 0. The largest absolute Gasteiger partial charge is 0.297 e. The zero-order chi connectivity index (χ0) is 14.1. The molecule has 0 aromatic heterocycles. The van der Waals surface area contributed by atoms with E-state index >= 15 is 0 Å². The Hall–Kier alpha value is -3.02. The average Bonchev–Trinajstić information content (AvgIpc) is 2.76. The van der Waals surface area contributed by atoms with E-state index in [2.05, 4.69) is 4.99 Å². The molecule has 0 bridgehead atoms. The SMILES string of the molecule is O=C1N=C2C=CC=CN2/C1=C\c1cccc([N+](=O)[O-])c1. The van der Waals surface area contributed by atoms with Crippen LogP contribution in [0.4, 0.5) is 5.69 Å². The van der Waals surface area contributed by atoms with Gasteiger partial charge in [0.2, 0.25) is 0 Å². The fraction of sp³-hybridized carbons (Fsp3) is 0. The lowest BCUT2D eigenvalue weighted by molar-refractivity contribution is -0.384. The number of nitro benzene ring substituents is 1. The molecular formula is C14H9N3O3. The Balaban J connectivity index is 1.99. The van der Waals surface area contributed by atoms with Crippen LogP contribution in [0.15, 0.2) is 59.4 Å². The molecule has 6 heteroatoms. The van der Waals surface area contributed by atoms with E-state index in [4.69, 9.17) is 0 Å². The summed E-state index contributed by atoms with van der Waals surface area (Å²) < 4.78 is 0. The number of allylic oxidation sites excluding steroid dienone is 2. The van der Waals surface area contributed by atoms with E-state index in [-0.39, 0.29) is 11.6 Å². The summed E-state index contributed by atoms with van der Waals surface area (Å²) in [5.74, 6) is 0.192. The van der Waals surface area contributed by atoms with Crippen LogP contribution in [0.2, 0.25) is 0 Å². The minimum atomic E-state index is -0.468. The van der Waals surface area contributed by atoms with Crippen LogP contribution in [-0.2, 0) is 4.79 Å². The number of rotatable bonds is 2. The first-order valence-corrected chi connectivity index (χ1v) is 5.88. The molecule has 20 heavy (non-hydrogen) atoms. The lowest BCUT2D eigenvalue weighted by atomic mass is 10.1. The van der Waals surface area contributed by atoms with Crippen LogP contribution in [-0.4, -0.2) is 21.6 Å². The minimum absolute atomic E-state index is 0.0139. The van der Waals surface area contributed by atoms with Crippen LogP contribution in [0, 0.1) is 10.1 Å². The third-order valence-corrected chi connectivity index (χ3v) is 2.92. The monoisotopic (exact) mass is 267 g/mol. The first-order chi connectivity index (χ1) is 9.65. The number of hydrogen-bond donors (Lipinski definition) is 0. The van der Waals surface area contributed by atoms with Gasteiger partial charge < -0.3 is 0 Å². The fourth-order valence-corrected chi connectivity index (χ4v) is 2.01. The Morgan fingerprint density at radius 1 is 1.30 bits per heavy atom. The van der Waals surface area contributed by atoms with Crippen molar-refractivity contribution in [3.63, 3.8) is 0 Å². The van der Waals surface area contributed by atoms with Gasteiger partial charge in [-0.25, -0.2) is 0 Å². The Kier molecular flexibility index (Phi) is 2.76. The third kappa shape index (κ3) is 2.03. The molecule has 0 unspecified atom stereocenters. The highest BCUT2D eigenvalue weighted by molar-refractivity contribution is 6.17. The second kappa shape index (κ2) is 4.58. The van der Waals surface area contributed by atoms with Gasteiger partial charge in [0, 0.05) is 18.3 Å². The molecule has 1 aromatic rings. The summed E-state index contributed by atoms with van der Waals surface area (Å²) in [6.45, 7) is 0. The van der Waals surface area contributed by atoms with Crippen LogP contribution >= 0.6 is 0 Å². The van der Waals surface area contributed by atoms with E-state index in [1.165, 1.54) is 12.1 Å². The molecule has 0 radical (unpaired) electrons. The quantitative estimate of drug-likeness (QED) is 0.468. The van der Waals surface area contributed by atoms with Crippen molar-refractivity contribution < 1.29 is 9.72 Å². The molecule has 2 aliphatic rings. The molecule has 0 fully saturated rings. The summed E-state index contributed by atoms with van der Waals surface area (Å²) in [4.78, 5) is 27.7. The number of amides is 1. The van der Waals surface area contributed by atoms with Crippen molar-refractivity contribution in [1.29, 1.82) is 0 Å². The first-order valence-electron chi connectivity index (χ1n) is 5.88. The van der Waals surface area contributed by atoms with Gasteiger partial charge in [-0.15, -0.1) is 0 Å². The number of hydrogen-bond acceptors (Lipinski definition) is 4. The number of nitro groups is 1. The standard InChI is InChI=1S/C14H9N3O3/c18-14-12(16-7-2-1-6-13(16)15-14)9-10-4-3-5-11(8-10)17(19)20/h1-9H/b12-9-. The number of non-ortho nitro benzene ring substituents is 1. The number of aliphatic imine (C=N–C) groups is 1. The molecule has 98 valence electrons. The van der Waals surface area contributed by atoms with Gasteiger partial charge in [0.25, 0.3) is 11.6 Å². The first kappa shape index (κ1) is 12.0. The number of carbonyl (C=O) groups is 1. The minimum Gasteiger partial charge on any atom is -0.297 e. The smallest absolute Gasteiger partial charge is 0.295 e. The normalized spacial score (nSPS) is 18.4. The van der Waals surface area contributed by atoms with E-state index in [0.717, 1.165) is 0 Å². The maximum absolute atomic E-state index is 11.9. The van der Waals surface area contributed by atoms with Gasteiger partial charge in [-0.2, -0.15) is 4.99 Å². The Labute approximate surface area is 114 Å². The van der Waals surface area contributed by atoms with Gasteiger partial charge in [0.15, 0.2) is 0 Å². The Morgan fingerprint density at radius 3 is 2.95 bits per heavy atom. The van der Waals surface area contributed by atoms with Gasteiger partial charge in [-0.05, 0) is 23.8 Å². The molecular weight excluding hydrogens is 258 g/mol. The molecule has 0 spiro atoms. The second-order valence-corrected chi connectivity index (χ2v) is 4.23. The maximum atomic E-state index is 11.9. The van der Waals surface area contributed by atoms with Gasteiger partial charge in [0.1, 0.15) is 11.5 Å². The van der Waals surface area contributed by atoms with Crippen molar-refractivity contribution in [3.8, 4) is 0 Å². The zero-order valence-electron chi connectivity index (χ0n) is 10.3. The van der Waals surface area contributed by atoms with Crippen LogP contribution in [0.5, 0.6) is 0 Å². The summed E-state index contributed by atoms with van der Waals surface area (Å²) >= 11 is 0. The maximum Gasteiger partial charge on any atom is 0.295 e. The number of carbonyl (C=O) groups excluding carboxylic acids is 1. The topological polar surface area (TPSA) is 75.8 Å². The van der Waals surface area contributed by atoms with Crippen molar-refractivity contribution in [3.05, 3.63) is 70.1 Å². The highest BCUT2D eigenvalue weighted by Gasteiger charge is 2.27. The van der Waals surface area contributed by atoms with Crippen molar-refractivity contribution in [1.82, 2.24) is 4.90 Å². The summed E-state index contributed by atoms with van der Waals surface area (Å²) in [5, 5.41) is 10.7. The Morgan fingerprint density at radius 2 is 2.15 bits per heavy atom. The molecule has 2 heterocycles. The van der Waals surface area contributed by atoms with Crippen molar-refractivity contribution in [2.45, 2.75) is 0 Å². The second-order valence-electron chi connectivity index (χ2n) is 4.23. The van der Waals surface area contributed by atoms with Gasteiger partial charge >= 0.3 is 0 Å². The predicted molar refractivity (Wildman–Crippen MR) is 73.6 cm³/mol. The average molecular weight is 267 g/mol. The van der Waals surface area contributed by atoms with Gasteiger partial charge in [-0.3, -0.25) is 19.8 Å². The van der Waals surface area contributed by atoms with Gasteiger partial charge in [-0.1, -0.05) is 18.2 Å². The zero-order valence-corrected chi connectivity index (χ0v) is 10.3. The van der Waals surface area contributed by atoms with Crippen LogP contribution in [0.1, 0.15) is 5.56 Å². The van der Waals surface area contributed by atoms with E-state index < -0.39 is 4.92 Å². The molecule has 0 saturated carbocycles. The lowest BCUT2D eigenvalue weighted by Gasteiger charge is -2.16. The third-order valence-electron chi connectivity index (χ3n) is 2.92. The number of amidine groups is 1. The lowest BCUT2D eigenvalue weighted by Crippen LogP contribution is -2.20.